The minimum absolute atomic E-state index is 0.145. The molecule has 0 aliphatic carbocycles. The summed E-state index contributed by atoms with van der Waals surface area (Å²) < 4.78 is 6.18. The molecule has 0 amide bonds. The van der Waals surface area contributed by atoms with Crippen molar-refractivity contribution in [3.8, 4) is 0 Å². The lowest BCUT2D eigenvalue weighted by molar-refractivity contribution is 0.399. The molecule has 2 heterocycles. The van der Waals surface area contributed by atoms with Crippen LogP contribution in [0.15, 0.2) is 39.8 Å². The van der Waals surface area contributed by atoms with E-state index in [1.54, 1.807) is 31.3 Å². The van der Waals surface area contributed by atoms with Crippen molar-refractivity contribution in [3.05, 3.63) is 46.6 Å². The Kier molecular flexibility index (Phi) is 2.06. The van der Waals surface area contributed by atoms with Gasteiger partial charge in [-0.1, -0.05) is 11.2 Å². The van der Waals surface area contributed by atoms with Crippen molar-refractivity contribution in [1.29, 1.82) is 0 Å². The second-order valence-electron chi connectivity index (χ2n) is 2.84. The van der Waals surface area contributed by atoms with Gasteiger partial charge in [0.1, 0.15) is 5.76 Å². The smallest absolute Gasteiger partial charge is 0.269 e. The number of aryl methyl sites for hydroxylation is 1. The predicted molar refractivity (Wildman–Crippen MR) is 51.0 cm³/mol. The Morgan fingerprint density at radius 3 is 3.00 bits per heavy atom. The van der Waals surface area contributed by atoms with E-state index in [0.29, 0.717) is 11.6 Å². The topological polar surface area (TPSA) is 60.1 Å². The molecule has 2 rings (SSSR count). The van der Waals surface area contributed by atoms with Crippen LogP contribution >= 0.6 is 0 Å². The molecule has 0 aliphatic rings. The second-order valence-corrected chi connectivity index (χ2v) is 2.84. The van der Waals surface area contributed by atoms with Crippen LogP contribution in [0.2, 0.25) is 0 Å². The van der Waals surface area contributed by atoms with E-state index < -0.39 is 0 Å². The maximum absolute atomic E-state index is 11.3. The standard InChI is InChI=1S/C9H9N3O2/c1-7-6-8(11-14-7)10-12-5-3-2-4-9(12)13/h2-6H,1H3,(H,10,11). The molecule has 5 nitrogen and oxygen atoms in total. The monoisotopic (exact) mass is 191 g/mol. The first-order valence-electron chi connectivity index (χ1n) is 4.14. The van der Waals surface area contributed by atoms with Crippen LogP contribution in [0.1, 0.15) is 5.76 Å². The molecule has 0 fully saturated rings. The third kappa shape index (κ3) is 1.66. The maximum Gasteiger partial charge on any atom is 0.269 e. The minimum atomic E-state index is -0.145. The van der Waals surface area contributed by atoms with Crippen molar-refractivity contribution >= 4 is 5.82 Å². The van der Waals surface area contributed by atoms with Gasteiger partial charge in [-0.2, -0.15) is 0 Å². The van der Waals surface area contributed by atoms with Crippen molar-refractivity contribution in [3.63, 3.8) is 0 Å². The van der Waals surface area contributed by atoms with Gasteiger partial charge in [0.2, 0.25) is 0 Å². The summed E-state index contributed by atoms with van der Waals surface area (Å²) in [7, 11) is 0. The Morgan fingerprint density at radius 1 is 1.50 bits per heavy atom. The van der Waals surface area contributed by atoms with Crippen LogP contribution in [0, 0.1) is 6.92 Å². The van der Waals surface area contributed by atoms with E-state index >= 15 is 0 Å². The third-order valence-electron chi connectivity index (χ3n) is 1.69. The van der Waals surface area contributed by atoms with Crippen LogP contribution < -0.4 is 11.0 Å². The average Bonchev–Trinajstić information content (AvgIpc) is 2.56. The van der Waals surface area contributed by atoms with Gasteiger partial charge in [0, 0.05) is 18.3 Å². The van der Waals surface area contributed by atoms with Gasteiger partial charge >= 0.3 is 0 Å². The van der Waals surface area contributed by atoms with Gasteiger partial charge in [0.25, 0.3) is 5.56 Å². The molecule has 0 saturated heterocycles. The molecule has 0 spiro atoms. The maximum atomic E-state index is 11.3. The first kappa shape index (κ1) is 8.55. The summed E-state index contributed by atoms with van der Waals surface area (Å²) in [6.07, 6.45) is 1.62. The predicted octanol–water partition coefficient (Wildman–Crippen LogP) is 1.02. The molecule has 0 aliphatic heterocycles. The van der Waals surface area contributed by atoms with Gasteiger partial charge in [0.05, 0.1) is 0 Å². The van der Waals surface area contributed by atoms with Gasteiger partial charge < -0.3 is 4.52 Å². The minimum Gasteiger partial charge on any atom is -0.359 e. The molecule has 0 unspecified atom stereocenters. The molecule has 5 heteroatoms. The zero-order valence-corrected chi connectivity index (χ0v) is 7.60. The van der Waals surface area contributed by atoms with Gasteiger partial charge in [-0.3, -0.25) is 10.2 Å². The van der Waals surface area contributed by atoms with E-state index in [-0.39, 0.29) is 5.56 Å². The van der Waals surface area contributed by atoms with Crippen molar-refractivity contribution in [2.24, 2.45) is 0 Å². The number of rotatable bonds is 2. The highest BCUT2D eigenvalue weighted by molar-refractivity contribution is 5.32. The molecular formula is C9H9N3O2. The Hall–Kier alpha value is -2.04. The van der Waals surface area contributed by atoms with Crippen molar-refractivity contribution in [1.82, 2.24) is 9.83 Å². The van der Waals surface area contributed by atoms with Crippen LogP contribution in [0.25, 0.3) is 0 Å². The van der Waals surface area contributed by atoms with Gasteiger partial charge in [0.15, 0.2) is 5.82 Å². The number of aromatic nitrogens is 2. The highest BCUT2D eigenvalue weighted by atomic mass is 16.5. The van der Waals surface area contributed by atoms with Crippen molar-refractivity contribution in [2.45, 2.75) is 6.92 Å². The van der Waals surface area contributed by atoms with E-state index in [0.717, 1.165) is 0 Å². The second kappa shape index (κ2) is 3.37. The van der Waals surface area contributed by atoms with E-state index in [2.05, 4.69) is 10.6 Å². The number of hydrogen-bond donors (Lipinski definition) is 1. The molecule has 0 atom stereocenters. The zero-order valence-electron chi connectivity index (χ0n) is 7.60. The summed E-state index contributed by atoms with van der Waals surface area (Å²) in [6, 6.07) is 6.59. The molecule has 14 heavy (non-hydrogen) atoms. The molecular weight excluding hydrogens is 182 g/mol. The Morgan fingerprint density at radius 2 is 2.36 bits per heavy atom. The fraction of sp³-hybridized carbons (Fsp3) is 0.111. The molecule has 0 saturated carbocycles. The molecule has 0 radical (unpaired) electrons. The SMILES string of the molecule is Cc1cc(Nn2ccccc2=O)no1. The Bertz CT molecular complexity index is 487. The van der Waals surface area contributed by atoms with Crippen LogP contribution in [-0.4, -0.2) is 9.83 Å². The Labute approximate surface area is 79.9 Å². The number of nitrogens with one attached hydrogen (secondary N) is 1. The summed E-state index contributed by atoms with van der Waals surface area (Å²) in [6.45, 7) is 1.78. The fourth-order valence-corrected chi connectivity index (χ4v) is 1.06. The van der Waals surface area contributed by atoms with Crippen LogP contribution in [0.3, 0.4) is 0 Å². The summed E-state index contributed by atoms with van der Waals surface area (Å²) >= 11 is 0. The number of hydrogen-bond acceptors (Lipinski definition) is 4. The first-order chi connectivity index (χ1) is 6.75. The van der Waals surface area contributed by atoms with Crippen molar-refractivity contribution in [2.75, 3.05) is 5.43 Å². The molecule has 0 aromatic carbocycles. The largest absolute Gasteiger partial charge is 0.359 e. The first-order valence-corrected chi connectivity index (χ1v) is 4.14. The highest BCUT2D eigenvalue weighted by Gasteiger charge is 1.99. The highest BCUT2D eigenvalue weighted by Crippen LogP contribution is 2.05. The van der Waals surface area contributed by atoms with Gasteiger partial charge in [-0.15, -0.1) is 0 Å². The van der Waals surface area contributed by atoms with Crippen LogP contribution in [-0.2, 0) is 0 Å². The number of nitrogens with zero attached hydrogens (tertiary/aromatic N) is 2. The summed E-state index contributed by atoms with van der Waals surface area (Å²) in [4.78, 5) is 11.3. The molecule has 2 aromatic rings. The summed E-state index contributed by atoms with van der Waals surface area (Å²) in [5, 5.41) is 3.71. The van der Waals surface area contributed by atoms with Gasteiger partial charge in [-0.05, 0) is 13.0 Å². The van der Waals surface area contributed by atoms with Gasteiger partial charge in [-0.25, -0.2) is 4.68 Å². The summed E-state index contributed by atoms with van der Waals surface area (Å²) in [5.41, 5.74) is 2.65. The average molecular weight is 191 g/mol. The lowest BCUT2D eigenvalue weighted by Gasteiger charge is -2.03. The van der Waals surface area contributed by atoms with E-state index in [4.69, 9.17) is 4.52 Å². The quantitative estimate of drug-likeness (QED) is 0.769. The molecule has 72 valence electrons. The molecule has 2 aromatic heterocycles. The van der Waals surface area contributed by atoms with Crippen LogP contribution in [0.4, 0.5) is 5.82 Å². The Balaban J connectivity index is 2.27. The lowest BCUT2D eigenvalue weighted by Crippen LogP contribution is -2.24. The lowest BCUT2D eigenvalue weighted by atomic mass is 10.5. The number of pyridine rings is 1. The van der Waals surface area contributed by atoms with Crippen LogP contribution in [0.5, 0.6) is 0 Å². The molecule has 0 bridgehead atoms. The normalized spacial score (nSPS) is 10.1. The molecule has 1 N–H and O–H groups in total. The van der Waals surface area contributed by atoms with E-state index in [9.17, 15) is 4.79 Å². The number of anilines is 1. The van der Waals surface area contributed by atoms with E-state index in [1.165, 1.54) is 10.7 Å². The van der Waals surface area contributed by atoms with E-state index in [1.807, 2.05) is 0 Å². The third-order valence-corrected chi connectivity index (χ3v) is 1.69. The fourth-order valence-electron chi connectivity index (χ4n) is 1.06. The zero-order chi connectivity index (χ0) is 9.97. The summed E-state index contributed by atoms with van der Waals surface area (Å²) in [5.74, 6) is 1.20. The van der Waals surface area contributed by atoms with Crippen molar-refractivity contribution < 1.29 is 4.52 Å².